The standard InChI is InChI=1S/C16H28N2O2/c1-12-4-6-15(7-5-12)17(3)16(20)14-8-10-18(11-9-14)13(2)19/h12,14-15H,4-11H2,1-3H3. The molecule has 2 amide bonds. The van der Waals surface area contributed by atoms with Crippen LogP contribution in [0, 0.1) is 11.8 Å². The van der Waals surface area contributed by atoms with Crippen LogP contribution in [0.3, 0.4) is 0 Å². The van der Waals surface area contributed by atoms with E-state index in [1.807, 2.05) is 16.8 Å². The van der Waals surface area contributed by atoms with Crippen LogP contribution < -0.4 is 0 Å². The molecule has 0 aromatic carbocycles. The van der Waals surface area contributed by atoms with Crippen molar-refractivity contribution in [2.45, 2.75) is 58.4 Å². The first-order valence-electron chi connectivity index (χ1n) is 8.01. The molecule has 0 N–H and O–H groups in total. The Morgan fingerprint density at radius 2 is 1.55 bits per heavy atom. The predicted molar refractivity (Wildman–Crippen MR) is 79.2 cm³/mol. The number of piperidine rings is 1. The van der Waals surface area contributed by atoms with Crippen molar-refractivity contribution in [3.05, 3.63) is 0 Å². The minimum absolute atomic E-state index is 0.120. The molecule has 0 spiro atoms. The maximum atomic E-state index is 12.6. The van der Waals surface area contributed by atoms with E-state index in [0.717, 1.165) is 44.7 Å². The summed E-state index contributed by atoms with van der Waals surface area (Å²) in [5.74, 6) is 1.36. The van der Waals surface area contributed by atoms with Crippen molar-refractivity contribution >= 4 is 11.8 Å². The van der Waals surface area contributed by atoms with Crippen LogP contribution >= 0.6 is 0 Å². The normalized spacial score (nSPS) is 28.2. The molecule has 0 unspecified atom stereocenters. The number of hydrogen-bond donors (Lipinski definition) is 0. The highest BCUT2D eigenvalue weighted by Gasteiger charge is 2.31. The largest absolute Gasteiger partial charge is 0.343 e. The number of carbonyl (C=O) groups excluding carboxylic acids is 2. The van der Waals surface area contributed by atoms with Gasteiger partial charge in [0.25, 0.3) is 0 Å². The fraction of sp³-hybridized carbons (Fsp3) is 0.875. The zero-order valence-electron chi connectivity index (χ0n) is 13.1. The summed E-state index contributed by atoms with van der Waals surface area (Å²) in [6, 6.07) is 0.435. The molecule has 114 valence electrons. The first-order chi connectivity index (χ1) is 9.49. The van der Waals surface area contributed by atoms with Gasteiger partial charge in [-0.2, -0.15) is 0 Å². The van der Waals surface area contributed by atoms with Crippen LogP contribution in [0.5, 0.6) is 0 Å². The third-order valence-electron chi connectivity index (χ3n) is 5.17. The van der Waals surface area contributed by atoms with Gasteiger partial charge in [-0.25, -0.2) is 0 Å². The summed E-state index contributed by atoms with van der Waals surface area (Å²) < 4.78 is 0. The highest BCUT2D eigenvalue weighted by atomic mass is 16.2. The van der Waals surface area contributed by atoms with Gasteiger partial charge in [-0.1, -0.05) is 6.92 Å². The summed E-state index contributed by atoms with van der Waals surface area (Å²) in [6.07, 6.45) is 6.43. The molecule has 0 aromatic rings. The minimum Gasteiger partial charge on any atom is -0.343 e. The third-order valence-corrected chi connectivity index (χ3v) is 5.17. The molecule has 1 heterocycles. The minimum atomic E-state index is 0.120. The molecule has 4 nitrogen and oxygen atoms in total. The van der Waals surface area contributed by atoms with Crippen molar-refractivity contribution in [1.29, 1.82) is 0 Å². The van der Waals surface area contributed by atoms with Gasteiger partial charge in [0, 0.05) is 39.0 Å². The molecule has 1 saturated carbocycles. The lowest BCUT2D eigenvalue weighted by atomic mass is 9.86. The van der Waals surface area contributed by atoms with Crippen molar-refractivity contribution < 1.29 is 9.59 Å². The zero-order chi connectivity index (χ0) is 14.7. The van der Waals surface area contributed by atoms with Crippen LogP contribution in [0.1, 0.15) is 52.4 Å². The Bertz CT molecular complexity index is 353. The fourth-order valence-electron chi connectivity index (χ4n) is 3.54. The second kappa shape index (κ2) is 6.59. The van der Waals surface area contributed by atoms with Gasteiger partial charge >= 0.3 is 0 Å². The SMILES string of the molecule is CC(=O)N1CCC(C(=O)N(C)C2CCC(C)CC2)CC1. The quantitative estimate of drug-likeness (QED) is 0.778. The molecular formula is C16H28N2O2. The van der Waals surface area contributed by atoms with Gasteiger partial charge in [0.15, 0.2) is 0 Å². The lowest BCUT2D eigenvalue weighted by Gasteiger charge is -2.37. The Morgan fingerprint density at radius 1 is 1.00 bits per heavy atom. The smallest absolute Gasteiger partial charge is 0.225 e. The monoisotopic (exact) mass is 280 g/mol. The number of nitrogens with zero attached hydrogens (tertiary/aromatic N) is 2. The Morgan fingerprint density at radius 3 is 2.05 bits per heavy atom. The number of amides is 2. The van der Waals surface area contributed by atoms with Crippen LogP contribution in [0.2, 0.25) is 0 Å². The average molecular weight is 280 g/mol. The van der Waals surface area contributed by atoms with E-state index in [1.165, 1.54) is 12.8 Å². The fourth-order valence-corrected chi connectivity index (χ4v) is 3.54. The van der Waals surface area contributed by atoms with Gasteiger partial charge in [0.05, 0.1) is 0 Å². The van der Waals surface area contributed by atoms with Crippen LogP contribution in [0.4, 0.5) is 0 Å². The maximum absolute atomic E-state index is 12.6. The summed E-state index contributed by atoms with van der Waals surface area (Å²) in [4.78, 5) is 27.7. The lowest BCUT2D eigenvalue weighted by molar-refractivity contribution is -0.141. The highest BCUT2D eigenvalue weighted by Crippen LogP contribution is 2.28. The Hall–Kier alpha value is -1.06. The zero-order valence-corrected chi connectivity index (χ0v) is 13.1. The van der Waals surface area contributed by atoms with Gasteiger partial charge in [-0.05, 0) is 44.4 Å². The maximum Gasteiger partial charge on any atom is 0.225 e. The molecular weight excluding hydrogens is 252 g/mol. The van der Waals surface area contributed by atoms with Crippen molar-refractivity contribution in [1.82, 2.24) is 9.80 Å². The van der Waals surface area contributed by atoms with E-state index < -0.39 is 0 Å². The number of rotatable bonds is 2. The lowest BCUT2D eigenvalue weighted by Crippen LogP contribution is -2.46. The van der Waals surface area contributed by atoms with Crippen LogP contribution in [-0.2, 0) is 9.59 Å². The van der Waals surface area contributed by atoms with Gasteiger partial charge < -0.3 is 9.80 Å². The third kappa shape index (κ3) is 3.53. The van der Waals surface area contributed by atoms with Gasteiger partial charge in [0.1, 0.15) is 0 Å². The Labute approximate surface area is 122 Å². The second-order valence-electron chi connectivity index (χ2n) is 6.64. The predicted octanol–water partition coefficient (Wildman–Crippen LogP) is 2.28. The van der Waals surface area contributed by atoms with E-state index in [9.17, 15) is 9.59 Å². The van der Waals surface area contributed by atoms with E-state index in [-0.39, 0.29) is 11.8 Å². The molecule has 0 radical (unpaired) electrons. The highest BCUT2D eigenvalue weighted by molar-refractivity contribution is 5.79. The molecule has 2 rings (SSSR count). The number of carbonyl (C=O) groups is 2. The molecule has 1 aliphatic heterocycles. The first-order valence-corrected chi connectivity index (χ1v) is 8.01. The Kier molecular flexibility index (Phi) is 5.06. The van der Waals surface area contributed by atoms with Gasteiger partial charge in [-0.15, -0.1) is 0 Å². The van der Waals surface area contributed by atoms with Crippen LogP contribution in [0.15, 0.2) is 0 Å². The molecule has 2 aliphatic rings. The van der Waals surface area contributed by atoms with Gasteiger partial charge in [0.2, 0.25) is 11.8 Å². The molecule has 0 bridgehead atoms. The number of hydrogen-bond acceptors (Lipinski definition) is 2. The molecule has 0 atom stereocenters. The topological polar surface area (TPSA) is 40.6 Å². The molecule has 1 saturated heterocycles. The van der Waals surface area contributed by atoms with E-state index in [4.69, 9.17) is 0 Å². The van der Waals surface area contributed by atoms with E-state index in [0.29, 0.717) is 11.9 Å². The van der Waals surface area contributed by atoms with Crippen molar-refractivity contribution in [2.75, 3.05) is 20.1 Å². The van der Waals surface area contributed by atoms with Gasteiger partial charge in [-0.3, -0.25) is 9.59 Å². The summed E-state index contributed by atoms with van der Waals surface area (Å²) >= 11 is 0. The van der Waals surface area contributed by atoms with E-state index in [1.54, 1.807) is 6.92 Å². The Balaban J connectivity index is 1.84. The van der Waals surface area contributed by atoms with Crippen molar-refractivity contribution in [3.8, 4) is 0 Å². The second-order valence-corrected chi connectivity index (χ2v) is 6.64. The summed E-state index contributed by atoms with van der Waals surface area (Å²) in [7, 11) is 1.97. The van der Waals surface area contributed by atoms with Crippen LogP contribution in [0.25, 0.3) is 0 Å². The summed E-state index contributed by atoms with van der Waals surface area (Å²) in [6.45, 7) is 5.38. The van der Waals surface area contributed by atoms with Crippen LogP contribution in [-0.4, -0.2) is 47.8 Å². The van der Waals surface area contributed by atoms with E-state index in [2.05, 4.69) is 6.92 Å². The van der Waals surface area contributed by atoms with E-state index >= 15 is 0 Å². The molecule has 0 aromatic heterocycles. The summed E-state index contributed by atoms with van der Waals surface area (Å²) in [5.41, 5.74) is 0. The summed E-state index contributed by atoms with van der Waals surface area (Å²) in [5, 5.41) is 0. The molecule has 2 fully saturated rings. The van der Waals surface area contributed by atoms with Crippen molar-refractivity contribution in [2.24, 2.45) is 11.8 Å². The van der Waals surface area contributed by atoms with Crippen molar-refractivity contribution in [3.63, 3.8) is 0 Å². The molecule has 4 heteroatoms. The molecule has 20 heavy (non-hydrogen) atoms. The molecule has 1 aliphatic carbocycles. The first kappa shape index (κ1) is 15.3. The average Bonchev–Trinajstić information content (AvgIpc) is 2.46. The number of likely N-dealkylation sites (tertiary alicyclic amines) is 1.